The highest BCUT2D eigenvalue weighted by Gasteiger charge is 2.30. The lowest BCUT2D eigenvalue weighted by molar-refractivity contribution is -0.933. The summed E-state index contributed by atoms with van der Waals surface area (Å²) in [6.45, 7) is 3.37. The smallest absolute Gasteiger partial charge is 0.151 e. The molecule has 1 atom stereocenters. The van der Waals surface area contributed by atoms with E-state index in [1.165, 1.54) is 10.5 Å². The minimum atomic E-state index is 0.0847. The van der Waals surface area contributed by atoms with E-state index in [1.807, 2.05) is 30.3 Å². The molecular weight excluding hydrogens is 300 g/mol. The van der Waals surface area contributed by atoms with E-state index in [9.17, 15) is 5.11 Å². The monoisotopic (exact) mass is 321 g/mol. The van der Waals surface area contributed by atoms with Gasteiger partial charge in [-0.1, -0.05) is 42.5 Å². The van der Waals surface area contributed by atoms with Gasteiger partial charge in [-0.3, -0.25) is 4.98 Å². The molecule has 2 N–H and O–H groups in total. The molecule has 4 heteroatoms. The summed E-state index contributed by atoms with van der Waals surface area (Å²) >= 11 is 0. The summed E-state index contributed by atoms with van der Waals surface area (Å²) < 4.78 is 5.53. The van der Waals surface area contributed by atoms with Crippen LogP contribution in [0.25, 0.3) is 10.9 Å². The molecule has 0 aliphatic carbocycles. The predicted molar refractivity (Wildman–Crippen MR) is 93.2 cm³/mol. The Morgan fingerprint density at radius 2 is 1.75 bits per heavy atom. The van der Waals surface area contributed by atoms with Gasteiger partial charge in [-0.25, -0.2) is 0 Å². The van der Waals surface area contributed by atoms with Gasteiger partial charge >= 0.3 is 0 Å². The van der Waals surface area contributed by atoms with Gasteiger partial charge in [-0.15, -0.1) is 0 Å². The maximum absolute atomic E-state index is 10.9. The Labute approximate surface area is 141 Å². The summed E-state index contributed by atoms with van der Waals surface area (Å²) in [6, 6.07) is 18.4. The number of phenols is 1. The van der Waals surface area contributed by atoms with Crippen LogP contribution in [0.5, 0.6) is 5.75 Å². The number of ether oxygens (including phenoxy) is 1. The minimum Gasteiger partial charge on any atom is -0.505 e. The van der Waals surface area contributed by atoms with Crippen LogP contribution in [0.1, 0.15) is 17.2 Å². The topological polar surface area (TPSA) is 46.8 Å². The number of hydrogen-bond acceptors (Lipinski definition) is 3. The molecule has 4 nitrogen and oxygen atoms in total. The van der Waals surface area contributed by atoms with Crippen LogP contribution in [-0.4, -0.2) is 36.4 Å². The highest BCUT2D eigenvalue weighted by Crippen LogP contribution is 2.33. The average Bonchev–Trinajstić information content (AvgIpc) is 2.66. The van der Waals surface area contributed by atoms with Crippen LogP contribution in [0.4, 0.5) is 0 Å². The lowest BCUT2D eigenvalue weighted by atomic mass is 9.94. The Bertz CT molecular complexity index is 829. The second-order valence-corrected chi connectivity index (χ2v) is 6.19. The maximum Gasteiger partial charge on any atom is 0.151 e. The van der Waals surface area contributed by atoms with Crippen molar-refractivity contribution in [3.63, 3.8) is 0 Å². The molecule has 1 saturated heterocycles. The van der Waals surface area contributed by atoms with Crippen molar-refractivity contribution in [2.75, 3.05) is 26.3 Å². The number of morpholine rings is 1. The molecule has 3 aromatic rings. The van der Waals surface area contributed by atoms with Gasteiger partial charge in [-0.05, 0) is 12.1 Å². The first-order valence-corrected chi connectivity index (χ1v) is 8.38. The third kappa shape index (κ3) is 2.75. The maximum atomic E-state index is 10.9. The van der Waals surface area contributed by atoms with Gasteiger partial charge in [0.1, 0.15) is 24.6 Å². The van der Waals surface area contributed by atoms with E-state index < -0.39 is 0 Å². The molecule has 1 aromatic heterocycles. The zero-order valence-electron chi connectivity index (χ0n) is 13.5. The first-order valence-electron chi connectivity index (χ1n) is 8.38. The summed E-state index contributed by atoms with van der Waals surface area (Å²) in [5.74, 6) is 0.293. The molecule has 2 aromatic carbocycles. The van der Waals surface area contributed by atoms with Gasteiger partial charge in [-0.2, -0.15) is 0 Å². The number of aromatic hydroxyl groups is 1. The quantitative estimate of drug-likeness (QED) is 0.775. The van der Waals surface area contributed by atoms with E-state index in [0.29, 0.717) is 11.3 Å². The lowest BCUT2D eigenvalue weighted by Crippen LogP contribution is -3.14. The van der Waals surface area contributed by atoms with Crippen LogP contribution in [0.2, 0.25) is 0 Å². The van der Waals surface area contributed by atoms with Crippen LogP contribution < -0.4 is 4.90 Å². The fraction of sp³-hybridized carbons (Fsp3) is 0.250. The van der Waals surface area contributed by atoms with E-state index in [0.717, 1.165) is 37.3 Å². The number of aromatic nitrogens is 1. The van der Waals surface area contributed by atoms with Crippen molar-refractivity contribution in [3.8, 4) is 5.75 Å². The SMILES string of the molecule is Oc1c([C@@H](c2ccccc2)[NH+]2CCOCC2)ccc2cccnc12. The number of benzene rings is 2. The molecule has 122 valence electrons. The fourth-order valence-electron chi connectivity index (χ4n) is 3.58. The standard InChI is InChI=1S/C20H20N2O2/c23-20-17(9-8-15-7-4-10-21-18(15)20)19(16-5-2-1-3-6-16)22-11-13-24-14-12-22/h1-10,19,23H,11-14H2/p+1/t19-/m1/s1. The van der Waals surface area contributed by atoms with Gasteiger partial charge in [0.25, 0.3) is 0 Å². The van der Waals surface area contributed by atoms with Gasteiger partial charge in [0.2, 0.25) is 0 Å². The lowest BCUT2D eigenvalue weighted by Gasteiger charge is -2.32. The van der Waals surface area contributed by atoms with Crippen molar-refractivity contribution >= 4 is 10.9 Å². The number of nitrogens with one attached hydrogen (secondary N) is 1. The normalized spacial score (nSPS) is 17.0. The number of rotatable bonds is 3. The molecule has 4 rings (SSSR count). The van der Waals surface area contributed by atoms with E-state index in [4.69, 9.17) is 4.74 Å². The second-order valence-electron chi connectivity index (χ2n) is 6.19. The molecule has 0 radical (unpaired) electrons. The molecule has 0 unspecified atom stereocenters. The van der Waals surface area contributed by atoms with Crippen molar-refractivity contribution in [2.45, 2.75) is 6.04 Å². The Balaban J connectivity index is 1.85. The third-order valence-corrected chi connectivity index (χ3v) is 4.77. The Morgan fingerprint density at radius 1 is 0.958 bits per heavy atom. The van der Waals surface area contributed by atoms with Gasteiger partial charge in [0.15, 0.2) is 5.75 Å². The summed E-state index contributed by atoms with van der Waals surface area (Å²) in [5, 5.41) is 11.9. The second kappa shape index (κ2) is 6.59. The van der Waals surface area contributed by atoms with Crippen LogP contribution >= 0.6 is 0 Å². The summed E-state index contributed by atoms with van der Waals surface area (Å²) in [4.78, 5) is 5.79. The first kappa shape index (κ1) is 15.1. The third-order valence-electron chi connectivity index (χ3n) is 4.77. The number of quaternary nitrogens is 1. The van der Waals surface area contributed by atoms with Gasteiger partial charge in [0.05, 0.1) is 18.8 Å². The van der Waals surface area contributed by atoms with Crippen molar-refractivity contribution < 1.29 is 14.7 Å². The molecule has 2 heterocycles. The van der Waals surface area contributed by atoms with Crippen LogP contribution in [0, 0.1) is 0 Å². The van der Waals surface area contributed by atoms with Crippen molar-refractivity contribution in [1.29, 1.82) is 0 Å². The Morgan fingerprint density at radius 3 is 2.54 bits per heavy atom. The summed E-state index contributed by atoms with van der Waals surface area (Å²) in [6.07, 6.45) is 1.73. The highest BCUT2D eigenvalue weighted by molar-refractivity contribution is 5.85. The predicted octanol–water partition coefficient (Wildman–Crippen LogP) is 1.94. The summed E-state index contributed by atoms with van der Waals surface area (Å²) in [7, 11) is 0. The number of phenolic OH excluding ortho intramolecular Hbond substituents is 1. The Hall–Kier alpha value is -2.43. The zero-order chi connectivity index (χ0) is 16.4. The van der Waals surface area contributed by atoms with E-state index in [-0.39, 0.29) is 6.04 Å². The molecule has 0 bridgehead atoms. The fourth-order valence-corrected chi connectivity index (χ4v) is 3.58. The largest absolute Gasteiger partial charge is 0.505 e. The van der Waals surface area contributed by atoms with Crippen LogP contribution in [-0.2, 0) is 4.74 Å². The van der Waals surface area contributed by atoms with Gasteiger partial charge in [0, 0.05) is 17.1 Å². The number of nitrogens with zero attached hydrogens (tertiary/aromatic N) is 1. The molecule has 1 fully saturated rings. The minimum absolute atomic E-state index is 0.0847. The number of pyridine rings is 1. The van der Waals surface area contributed by atoms with E-state index >= 15 is 0 Å². The van der Waals surface area contributed by atoms with Crippen LogP contribution in [0.3, 0.4) is 0 Å². The van der Waals surface area contributed by atoms with Crippen molar-refractivity contribution in [3.05, 3.63) is 71.9 Å². The highest BCUT2D eigenvalue weighted by atomic mass is 16.5. The zero-order valence-corrected chi connectivity index (χ0v) is 13.5. The van der Waals surface area contributed by atoms with Crippen LogP contribution in [0.15, 0.2) is 60.8 Å². The molecule has 0 saturated carbocycles. The van der Waals surface area contributed by atoms with Crippen molar-refractivity contribution in [2.24, 2.45) is 0 Å². The molecule has 1 aliphatic rings. The molecule has 0 spiro atoms. The first-order chi connectivity index (χ1) is 11.8. The molecule has 0 amide bonds. The number of hydrogen-bond donors (Lipinski definition) is 2. The van der Waals surface area contributed by atoms with Gasteiger partial charge < -0.3 is 14.7 Å². The Kier molecular flexibility index (Phi) is 4.15. The molecular formula is C20H21N2O2+. The van der Waals surface area contributed by atoms with E-state index in [2.05, 4.69) is 29.2 Å². The number of fused-ring (bicyclic) bond motifs is 1. The van der Waals surface area contributed by atoms with E-state index in [1.54, 1.807) is 6.20 Å². The molecule has 24 heavy (non-hydrogen) atoms. The average molecular weight is 321 g/mol. The summed E-state index contributed by atoms with van der Waals surface area (Å²) in [5.41, 5.74) is 2.81. The van der Waals surface area contributed by atoms with Crippen molar-refractivity contribution in [1.82, 2.24) is 4.98 Å². The molecule has 1 aliphatic heterocycles.